The molecule has 0 heterocycles. The van der Waals surface area contributed by atoms with E-state index >= 15 is 0 Å². The van der Waals surface area contributed by atoms with Crippen molar-refractivity contribution in [2.75, 3.05) is 52.9 Å². The van der Waals surface area contributed by atoms with E-state index in [1.807, 2.05) is 140 Å². The molecule has 5 aliphatic carbocycles. The van der Waals surface area contributed by atoms with Gasteiger partial charge in [0.25, 0.3) is 0 Å². The summed E-state index contributed by atoms with van der Waals surface area (Å²) >= 11 is 0. The van der Waals surface area contributed by atoms with Gasteiger partial charge in [-0.25, -0.2) is 9.59 Å². The fourth-order valence-corrected chi connectivity index (χ4v) is 26.2. The molecule has 0 atom stereocenters. The maximum Gasteiger partial charge on any atom is 0.338 e. The lowest BCUT2D eigenvalue weighted by Crippen LogP contribution is -2.50. The molecule has 131 heavy (non-hydrogen) atoms. The van der Waals surface area contributed by atoms with Crippen molar-refractivity contribution in [3.63, 3.8) is 0 Å². The van der Waals surface area contributed by atoms with Crippen molar-refractivity contribution in [1.82, 2.24) is 0 Å². The van der Waals surface area contributed by atoms with Crippen LogP contribution in [-0.4, -0.2) is 76.7 Å². The van der Waals surface area contributed by atoms with E-state index in [0.717, 1.165) is 96.5 Å². The number of rotatable bonds is 32. The van der Waals surface area contributed by atoms with Gasteiger partial charge in [0, 0.05) is 0 Å². The minimum Gasteiger partial charge on any atom is -0.490 e. The summed E-state index contributed by atoms with van der Waals surface area (Å²) in [7, 11) is -0.707. The first kappa shape index (κ1) is 91.4. The van der Waals surface area contributed by atoms with Crippen LogP contribution in [0.5, 0.6) is 23.0 Å². The maximum atomic E-state index is 13.0. The molecular formula is C115H108O12S4+4. The van der Waals surface area contributed by atoms with Crippen LogP contribution in [0.2, 0.25) is 0 Å². The van der Waals surface area contributed by atoms with Gasteiger partial charge in [-0.2, -0.15) is 0 Å². The van der Waals surface area contributed by atoms with Crippen molar-refractivity contribution in [3.8, 4) is 23.0 Å². The Bertz CT molecular complexity index is 5840. The number of carbonyl (C=O) groups excluding carboxylic acids is 4. The number of ether oxygens (including phenoxy) is 8. The van der Waals surface area contributed by atoms with E-state index in [4.69, 9.17) is 37.9 Å². The summed E-state index contributed by atoms with van der Waals surface area (Å²) in [6.07, 6.45) is 11.3. The molecule has 15 aromatic rings. The summed E-state index contributed by atoms with van der Waals surface area (Å²) in [5, 5.41) is 1.91. The summed E-state index contributed by atoms with van der Waals surface area (Å²) in [5.41, 5.74) is 0.920. The zero-order chi connectivity index (χ0) is 89.4. The number of hydrogen-bond acceptors (Lipinski definition) is 12. The molecule has 0 unspecified atom stereocenters. The van der Waals surface area contributed by atoms with E-state index in [0.29, 0.717) is 50.8 Å². The highest BCUT2D eigenvalue weighted by Gasteiger charge is 2.55. The Balaban J connectivity index is 0.000000128. The zero-order valence-corrected chi connectivity index (χ0v) is 76.6. The van der Waals surface area contributed by atoms with Crippen molar-refractivity contribution in [2.24, 2.45) is 29.1 Å². The normalized spacial score (nSPS) is 15.7. The first-order chi connectivity index (χ1) is 64.6. The Morgan fingerprint density at radius 2 is 0.511 bits per heavy atom. The smallest absolute Gasteiger partial charge is 0.338 e. The molecule has 20 rings (SSSR count). The van der Waals surface area contributed by atoms with Gasteiger partial charge in [0.15, 0.2) is 58.7 Å². The molecule has 0 aliphatic heterocycles. The Morgan fingerprint density at radius 1 is 0.252 bits per heavy atom. The largest absolute Gasteiger partial charge is 0.490 e. The summed E-state index contributed by atoms with van der Waals surface area (Å²) < 4.78 is 45.2. The van der Waals surface area contributed by atoms with Crippen LogP contribution in [0.25, 0.3) is 10.8 Å². The Morgan fingerprint density at radius 3 is 0.832 bits per heavy atom. The van der Waals surface area contributed by atoms with Gasteiger partial charge < -0.3 is 37.9 Å². The van der Waals surface area contributed by atoms with Crippen molar-refractivity contribution in [3.05, 3.63) is 424 Å². The molecule has 0 radical (unpaired) electrons. The molecule has 0 aromatic heterocycles. The molecule has 12 nitrogen and oxygen atoms in total. The van der Waals surface area contributed by atoms with Gasteiger partial charge in [0.1, 0.15) is 75.9 Å². The molecule has 5 fully saturated rings. The quantitative estimate of drug-likeness (QED) is 0.0171. The monoisotopic (exact) mass is 1810 g/mol. The predicted molar refractivity (Wildman–Crippen MR) is 523 cm³/mol. The number of hydrogen-bond donors (Lipinski definition) is 0. The van der Waals surface area contributed by atoms with Crippen molar-refractivity contribution in [2.45, 2.75) is 123 Å². The number of carbonyl (C=O) groups is 4. The fourth-order valence-electron chi connectivity index (χ4n) is 17.9. The number of esters is 4. The van der Waals surface area contributed by atoms with Crippen LogP contribution in [0.4, 0.5) is 0 Å². The topological polar surface area (TPSA) is 142 Å². The first-order valence-electron chi connectivity index (χ1n) is 45.1. The minimum atomic E-state index is -0.339. The second-order valence-corrected chi connectivity index (χ2v) is 40.8. The van der Waals surface area contributed by atoms with Gasteiger partial charge in [-0.15, -0.1) is 0 Å². The van der Waals surface area contributed by atoms with Gasteiger partial charge in [0.05, 0.1) is 66.0 Å². The van der Waals surface area contributed by atoms with Gasteiger partial charge in [0.2, 0.25) is 0 Å². The fraction of sp³-hybridized carbons (Fsp3) is 0.200. The van der Waals surface area contributed by atoms with Crippen molar-refractivity contribution >= 4 is 78.2 Å². The highest BCUT2D eigenvalue weighted by atomic mass is 32.2. The van der Waals surface area contributed by atoms with Gasteiger partial charge >= 0.3 is 23.9 Å². The van der Waals surface area contributed by atoms with Gasteiger partial charge in [-0.1, -0.05) is 213 Å². The SMILES string of the molecule is O=C(OCCOc1ccc([S+](c2ccccc2)c2ccccc2)cc1)C12CC3CC(CC(C3)C1)C2.O=C(OCCOc1ccc([S+](c2ccccc2)c2ccccc2)cc1)C1CCCC1.O=C(OCCOc1ccc([S+](c2ccccc2)c2ccccc2)cc1)c1cccc2ccccc12.O=C(OCCOc1ccc([S+](c2ccccc2)c2ccccc2)cc1)c1ccccc1. The molecule has 660 valence electrons. The Hall–Kier alpha value is -13.0. The molecule has 0 saturated heterocycles. The second kappa shape index (κ2) is 47.0. The summed E-state index contributed by atoms with van der Waals surface area (Å²) in [6.45, 7) is 2.37. The second-order valence-electron chi connectivity index (χ2n) is 32.7. The number of benzene rings is 15. The lowest BCUT2D eigenvalue weighted by atomic mass is 9.49. The molecular weight excluding hydrogens is 1700 g/mol. The summed E-state index contributed by atoms with van der Waals surface area (Å²) in [6, 6.07) is 140. The van der Waals surface area contributed by atoms with Gasteiger partial charge in [-0.05, 0) is 292 Å². The van der Waals surface area contributed by atoms with Crippen molar-refractivity contribution < 1.29 is 57.1 Å². The third-order valence-electron chi connectivity index (χ3n) is 23.6. The van der Waals surface area contributed by atoms with Crippen LogP contribution in [0.3, 0.4) is 0 Å². The van der Waals surface area contributed by atoms with Crippen LogP contribution in [0, 0.1) is 29.1 Å². The summed E-state index contributed by atoms with van der Waals surface area (Å²) in [5.74, 6) is 4.74. The highest BCUT2D eigenvalue weighted by Crippen LogP contribution is 2.60. The molecule has 0 amide bonds. The first-order valence-corrected chi connectivity index (χ1v) is 50.0. The molecule has 5 aliphatic rings. The predicted octanol–water partition coefficient (Wildman–Crippen LogP) is 26.0. The highest BCUT2D eigenvalue weighted by molar-refractivity contribution is 7.98. The third-order valence-corrected chi connectivity index (χ3v) is 32.5. The molecule has 0 N–H and O–H groups in total. The minimum absolute atomic E-state index is 0.0327. The van der Waals surface area contributed by atoms with Gasteiger partial charge in [-0.3, -0.25) is 9.59 Å². The standard InChI is InChI=1S/C31H33O3S.C31H25O3S.C27H23O3S.C26H27O3S/c32-30(31-20-23-17-24(21-31)19-25(18-23)22-31)34-16-15-33-26-11-13-29(14-12-26)35(27-7-3-1-4-8-27)28-9-5-2-6-10-28;32-31(30-17-9-11-24-10-7-8-16-29(24)30)34-23-22-33-25-18-20-28(21-19-25)35(26-12-3-1-4-13-26)27-14-5-2-6-15-27;28-27(22-10-4-1-5-11-22)30-21-20-29-23-16-18-26(19-17-23)31(24-12-6-2-7-13-24)25-14-8-3-9-15-25;27-26(21-9-7-8-10-21)29-20-19-28-22-15-17-25(18-16-22)30(23-11-3-1-4-12-23)24-13-5-2-6-14-24/h1-14,23-25H,15-22H2;1-21H,22-23H2;1-19H,20-21H2;1-6,11-18,21H,7-10,19-20H2/q4*+1. The molecule has 15 aromatic carbocycles. The maximum absolute atomic E-state index is 13.0. The lowest BCUT2D eigenvalue weighted by molar-refractivity contribution is -0.172. The molecule has 16 heteroatoms. The Kier molecular flexibility index (Phi) is 32.8. The van der Waals surface area contributed by atoms with Crippen LogP contribution < -0.4 is 18.9 Å². The van der Waals surface area contributed by atoms with Crippen LogP contribution >= 0.6 is 0 Å². The van der Waals surface area contributed by atoms with Crippen LogP contribution in [-0.2, 0) is 72.1 Å². The van der Waals surface area contributed by atoms with Crippen molar-refractivity contribution in [1.29, 1.82) is 0 Å². The van der Waals surface area contributed by atoms with E-state index in [1.165, 1.54) is 78.0 Å². The van der Waals surface area contributed by atoms with E-state index < -0.39 is 0 Å². The number of fused-ring (bicyclic) bond motifs is 1. The third kappa shape index (κ3) is 25.2. The average molecular weight is 1810 g/mol. The van der Waals surface area contributed by atoms with E-state index in [1.54, 1.807) is 18.2 Å². The lowest BCUT2D eigenvalue weighted by Gasteiger charge is -2.55. The van der Waals surface area contributed by atoms with E-state index in [2.05, 4.69) is 255 Å². The van der Waals surface area contributed by atoms with Crippen LogP contribution in [0.1, 0.15) is 84.9 Å². The van der Waals surface area contributed by atoms with E-state index in [9.17, 15) is 19.2 Å². The molecule has 4 bridgehead atoms. The summed E-state index contributed by atoms with van der Waals surface area (Å²) in [4.78, 5) is 64.7. The average Bonchev–Trinajstić information content (AvgIpc) is 0.951. The molecule has 0 spiro atoms. The Labute approximate surface area is 781 Å². The zero-order valence-electron chi connectivity index (χ0n) is 73.3. The van der Waals surface area contributed by atoms with Crippen LogP contribution in [0.15, 0.2) is 471 Å². The molecule has 5 saturated carbocycles. The van der Waals surface area contributed by atoms with E-state index in [-0.39, 0.29) is 92.0 Å².